The molecule has 0 unspecified atom stereocenters. The minimum atomic E-state index is -0.598. The van der Waals surface area contributed by atoms with Crippen LogP contribution in [0.4, 0.5) is 0 Å². The zero-order valence-electron chi connectivity index (χ0n) is 16.7. The first-order chi connectivity index (χ1) is 14.7. The quantitative estimate of drug-likeness (QED) is 0.269. The number of aromatic nitrogens is 2. The normalized spacial score (nSPS) is 11.7. The lowest BCUT2D eigenvalue weighted by molar-refractivity contribution is 0.476. The van der Waals surface area contributed by atoms with E-state index >= 15 is 0 Å². The highest BCUT2D eigenvalue weighted by molar-refractivity contribution is 9.10. The third kappa shape index (κ3) is 2.89. The fraction of sp³-hybridized carbons (Fsp3) is 0.0741. The van der Waals surface area contributed by atoms with E-state index in [4.69, 9.17) is 5.10 Å². The third-order valence-corrected chi connectivity index (χ3v) is 6.21. The van der Waals surface area contributed by atoms with Gasteiger partial charge in [-0.25, -0.2) is 4.68 Å². The molecular weight excluding hydrogens is 432 g/mol. The Labute approximate surface area is 184 Å². The van der Waals surface area contributed by atoms with Crippen molar-refractivity contribution in [2.24, 2.45) is 0 Å². The lowest BCUT2D eigenvalue weighted by Crippen LogP contribution is -2.38. The first-order valence-corrected chi connectivity index (χ1v) is 10.8. The molecule has 4 aromatic carbocycles. The van der Waals surface area contributed by atoms with E-state index < -0.39 is 5.54 Å². The van der Waals surface area contributed by atoms with Gasteiger partial charge in [0.2, 0.25) is 0 Å². The first kappa shape index (κ1) is 18.8. The van der Waals surface area contributed by atoms with Crippen LogP contribution in [0.5, 0.6) is 0 Å². The minimum absolute atomic E-state index is 0.598. The van der Waals surface area contributed by atoms with E-state index in [0.717, 1.165) is 15.4 Å². The highest BCUT2D eigenvalue weighted by Gasteiger charge is 2.40. The molecule has 0 N–H and O–H groups in total. The topological polar surface area (TPSA) is 17.8 Å². The maximum absolute atomic E-state index is 4.99. The average molecular weight is 453 g/mol. The van der Waals surface area contributed by atoms with Crippen LogP contribution >= 0.6 is 15.9 Å². The molecule has 0 amide bonds. The molecule has 30 heavy (non-hydrogen) atoms. The second-order valence-electron chi connectivity index (χ2n) is 7.52. The molecule has 5 rings (SSSR count). The van der Waals surface area contributed by atoms with Crippen molar-refractivity contribution in [2.75, 3.05) is 0 Å². The summed E-state index contributed by atoms with van der Waals surface area (Å²) in [5.41, 5.74) is 5.21. The Hall–Kier alpha value is -3.17. The van der Waals surface area contributed by atoms with E-state index in [1.165, 1.54) is 22.3 Å². The van der Waals surface area contributed by atoms with Crippen LogP contribution in [0, 0.1) is 6.92 Å². The fourth-order valence-corrected chi connectivity index (χ4v) is 4.99. The number of aryl methyl sites for hydroxylation is 1. The largest absolute Gasteiger partial charge is 0.245 e. The van der Waals surface area contributed by atoms with Crippen molar-refractivity contribution in [3.8, 4) is 0 Å². The zero-order valence-corrected chi connectivity index (χ0v) is 18.3. The van der Waals surface area contributed by atoms with Gasteiger partial charge in [0.1, 0.15) is 5.54 Å². The Balaban J connectivity index is 1.98. The summed E-state index contributed by atoms with van der Waals surface area (Å²) in [6.07, 6.45) is 1.99. The second kappa shape index (κ2) is 7.58. The summed E-state index contributed by atoms with van der Waals surface area (Å²) in [4.78, 5) is 0. The monoisotopic (exact) mass is 452 g/mol. The summed E-state index contributed by atoms with van der Waals surface area (Å²) in [6, 6.07) is 36.3. The number of benzene rings is 4. The number of nitrogens with zero attached hydrogens (tertiary/aromatic N) is 2. The molecule has 146 valence electrons. The van der Waals surface area contributed by atoms with Gasteiger partial charge in [-0.2, -0.15) is 5.10 Å². The average Bonchev–Trinajstić information content (AvgIpc) is 3.21. The van der Waals surface area contributed by atoms with Gasteiger partial charge in [-0.3, -0.25) is 0 Å². The van der Waals surface area contributed by atoms with Gasteiger partial charge in [0.15, 0.2) is 0 Å². The molecule has 0 saturated heterocycles. The molecule has 0 bridgehead atoms. The van der Waals surface area contributed by atoms with Gasteiger partial charge in [0.05, 0.1) is 11.7 Å². The third-order valence-electron chi connectivity index (χ3n) is 5.75. The van der Waals surface area contributed by atoms with Gasteiger partial charge in [-0.1, -0.05) is 107 Å². The van der Waals surface area contributed by atoms with Gasteiger partial charge < -0.3 is 0 Å². The predicted molar refractivity (Wildman–Crippen MR) is 127 cm³/mol. The van der Waals surface area contributed by atoms with Crippen LogP contribution in [0.1, 0.15) is 22.3 Å². The van der Waals surface area contributed by atoms with E-state index in [0.29, 0.717) is 0 Å². The predicted octanol–water partition coefficient (Wildman–Crippen LogP) is 6.95. The number of fused-ring (bicyclic) bond motifs is 1. The Morgan fingerprint density at radius 3 is 1.63 bits per heavy atom. The summed E-state index contributed by atoms with van der Waals surface area (Å²) in [7, 11) is 0. The summed E-state index contributed by atoms with van der Waals surface area (Å²) < 4.78 is 3.23. The minimum Gasteiger partial charge on any atom is -0.245 e. The van der Waals surface area contributed by atoms with Crippen LogP contribution in [0.2, 0.25) is 0 Å². The molecule has 0 saturated carbocycles. The molecular formula is C27H21BrN2. The molecule has 0 spiro atoms. The molecule has 0 aliphatic carbocycles. The van der Waals surface area contributed by atoms with E-state index in [2.05, 4.69) is 131 Å². The lowest BCUT2D eigenvalue weighted by atomic mass is 9.77. The lowest BCUT2D eigenvalue weighted by Gasteiger charge is -2.37. The van der Waals surface area contributed by atoms with Crippen molar-refractivity contribution < 1.29 is 0 Å². The Morgan fingerprint density at radius 2 is 1.17 bits per heavy atom. The summed E-state index contributed by atoms with van der Waals surface area (Å²) in [6.45, 7) is 2.13. The van der Waals surface area contributed by atoms with E-state index in [-0.39, 0.29) is 0 Å². The molecule has 0 fully saturated rings. The standard InChI is InChI=1S/C27H21BrN2/c1-20-17-24(28)18-26-25(20)19-29-30(26)27(21-11-5-2-6-12-21,22-13-7-3-8-14-22)23-15-9-4-10-16-23/h2-19H,1H3. The molecule has 3 heteroatoms. The van der Waals surface area contributed by atoms with E-state index in [1.54, 1.807) is 0 Å². The maximum atomic E-state index is 4.99. The second-order valence-corrected chi connectivity index (χ2v) is 8.44. The Morgan fingerprint density at radius 1 is 0.700 bits per heavy atom. The van der Waals surface area contributed by atoms with Crippen molar-refractivity contribution in [2.45, 2.75) is 12.5 Å². The van der Waals surface area contributed by atoms with Crippen molar-refractivity contribution in [1.29, 1.82) is 0 Å². The SMILES string of the molecule is Cc1cc(Br)cc2c1cnn2C(c1ccccc1)(c1ccccc1)c1ccccc1. The Bertz CT molecular complexity index is 1200. The van der Waals surface area contributed by atoms with Crippen LogP contribution < -0.4 is 0 Å². The molecule has 2 nitrogen and oxygen atoms in total. The number of hydrogen-bond donors (Lipinski definition) is 0. The molecule has 0 atom stereocenters. The zero-order chi connectivity index (χ0) is 20.6. The smallest absolute Gasteiger partial charge is 0.138 e. The molecule has 0 aliphatic heterocycles. The van der Waals surface area contributed by atoms with Crippen molar-refractivity contribution >= 4 is 26.8 Å². The number of halogens is 1. The van der Waals surface area contributed by atoms with Crippen molar-refractivity contribution in [3.05, 3.63) is 136 Å². The van der Waals surface area contributed by atoms with Crippen molar-refractivity contribution in [3.63, 3.8) is 0 Å². The number of rotatable bonds is 4. The van der Waals surface area contributed by atoms with Crippen LogP contribution in [0.15, 0.2) is 114 Å². The maximum Gasteiger partial charge on any atom is 0.138 e. The van der Waals surface area contributed by atoms with Gasteiger partial charge in [0.25, 0.3) is 0 Å². The molecule has 1 aromatic heterocycles. The fourth-order valence-electron chi connectivity index (χ4n) is 4.43. The van der Waals surface area contributed by atoms with Crippen molar-refractivity contribution in [1.82, 2.24) is 9.78 Å². The summed E-state index contributed by atoms with van der Waals surface area (Å²) in [5.74, 6) is 0. The van der Waals surface area contributed by atoms with Gasteiger partial charge in [-0.05, 0) is 41.3 Å². The summed E-state index contributed by atoms with van der Waals surface area (Å²) in [5, 5.41) is 6.15. The highest BCUT2D eigenvalue weighted by atomic mass is 79.9. The van der Waals surface area contributed by atoms with Gasteiger partial charge in [0, 0.05) is 9.86 Å². The molecule has 5 aromatic rings. The van der Waals surface area contributed by atoms with Crippen LogP contribution in [0.3, 0.4) is 0 Å². The molecule has 0 radical (unpaired) electrons. The molecule has 1 heterocycles. The van der Waals surface area contributed by atoms with Crippen LogP contribution in [-0.4, -0.2) is 9.78 Å². The summed E-state index contributed by atoms with van der Waals surface area (Å²) >= 11 is 3.70. The van der Waals surface area contributed by atoms with Crippen LogP contribution in [0.25, 0.3) is 10.9 Å². The van der Waals surface area contributed by atoms with Crippen LogP contribution in [-0.2, 0) is 5.54 Å². The number of hydrogen-bond acceptors (Lipinski definition) is 1. The van der Waals surface area contributed by atoms with Gasteiger partial charge >= 0.3 is 0 Å². The van der Waals surface area contributed by atoms with E-state index in [9.17, 15) is 0 Å². The Kier molecular flexibility index (Phi) is 4.76. The highest BCUT2D eigenvalue weighted by Crippen LogP contribution is 2.42. The van der Waals surface area contributed by atoms with E-state index in [1.807, 2.05) is 6.20 Å². The first-order valence-electron chi connectivity index (χ1n) is 10.0. The molecule has 0 aliphatic rings. The van der Waals surface area contributed by atoms with Gasteiger partial charge in [-0.15, -0.1) is 0 Å².